The molecule has 0 fully saturated rings. The highest BCUT2D eigenvalue weighted by molar-refractivity contribution is 6.28. The summed E-state index contributed by atoms with van der Waals surface area (Å²) < 4.78 is 12.7. The Morgan fingerprint density at radius 1 is 0.444 bits per heavy atom. The van der Waals surface area contributed by atoms with Gasteiger partial charge in [-0.05, 0) is 93.7 Å². The first-order valence-corrected chi connectivity index (χ1v) is 12.4. The van der Waals surface area contributed by atoms with Gasteiger partial charge in [-0.1, -0.05) is 60.7 Å². The number of benzene rings is 6. The van der Waals surface area contributed by atoms with E-state index < -0.39 is 0 Å². The van der Waals surface area contributed by atoms with Crippen LogP contribution < -0.4 is 0 Å². The van der Waals surface area contributed by atoms with E-state index in [1.165, 1.54) is 43.4 Å². The van der Waals surface area contributed by atoms with Crippen LogP contribution >= 0.6 is 0 Å². The number of aryl methyl sites for hydroxylation is 2. The van der Waals surface area contributed by atoms with Crippen LogP contribution in [0.1, 0.15) is 11.1 Å². The van der Waals surface area contributed by atoms with Crippen molar-refractivity contribution in [3.8, 4) is 22.6 Å². The molecule has 0 bridgehead atoms. The fourth-order valence-electron chi connectivity index (χ4n) is 5.98. The lowest BCUT2D eigenvalue weighted by molar-refractivity contribution is 0.632. The van der Waals surface area contributed by atoms with Gasteiger partial charge in [-0.3, -0.25) is 0 Å². The molecular formula is C34H22O2. The molecule has 36 heavy (non-hydrogen) atoms. The van der Waals surface area contributed by atoms with Gasteiger partial charge in [0.1, 0.15) is 22.7 Å². The fraction of sp³-hybridized carbons (Fsp3) is 0.0588. The largest absolute Gasteiger partial charge is 0.456 e. The zero-order valence-electron chi connectivity index (χ0n) is 20.1. The zero-order valence-corrected chi connectivity index (χ0v) is 20.1. The molecule has 6 aromatic carbocycles. The lowest BCUT2D eigenvalue weighted by Crippen LogP contribution is -1.92. The molecule has 0 aliphatic heterocycles. The molecule has 8 aromatic rings. The van der Waals surface area contributed by atoms with Crippen molar-refractivity contribution in [1.82, 2.24) is 0 Å². The molecule has 2 aromatic heterocycles. The van der Waals surface area contributed by atoms with Crippen LogP contribution in [0.4, 0.5) is 0 Å². The average molecular weight is 463 g/mol. The first-order valence-electron chi connectivity index (χ1n) is 12.4. The monoisotopic (exact) mass is 462 g/mol. The van der Waals surface area contributed by atoms with Crippen molar-refractivity contribution in [2.75, 3.05) is 0 Å². The van der Waals surface area contributed by atoms with Crippen LogP contribution in [-0.4, -0.2) is 0 Å². The van der Waals surface area contributed by atoms with Crippen LogP contribution in [0, 0.1) is 13.8 Å². The molecule has 2 heteroatoms. The van der Waals surface area contributed by atoms with Crippen LogP contribution in [0.2, 0.25) is 0 Å². The Morgan fingerprint density at radius 3 is 1.31 bits per heavy atom. The maximum absolute atomic E-state index is 6.33. The molecule has 0 radical (unpaired) electrons. The van der Waals surface area contributed by atoms with Crippen molar-refractivity contribution in [3.63, 3.8) is 0 Å². The smallest absolute Gasteiger partial charge is 0.136 e. The third-order valence-electron chi connectivity index (χ3n) is 7.69. The topological polar surface area (TPSA) is 26.3 Å². The average Bonchev–Trinajstić information content (AvgIpc) is 3.53. The molecule has 170 valence electrons. The maximum atomic E-state index is 6.33. The molecule has 8 rings (SSSR count). The summed E-state index contributed by atoms with van der Waals surface area (Å²) in [7, 11) is 0. The maximum Gasteiger partial charge on any atom is 0.136 e. The highest BCUT2D eigenvalue weighted by Gasteiger charge is 2.20. The third kappa shape index (κ3) is 2.61. The molecular weight excluding hydrogens is 440 g/mol. The summed E-state index contributed by atoms with van der Waals surface area (Å²) in [5.41, 5.74) is 6.60. The van der Waals surface area contributed by atoms with Gasteiger partial charge in [-0.25, -0.2) is 0 Å². The molecule has 0 spiro atoms. The van der Waals surface area contributed by atoms with Gasteiger partial charge in [-0.15, -0.1) is 0 Å². The molecule has 0 amide bonds. The molecule has 0 aliphatic rings. The fourth-order valence-corrected chi connectivity index (χ4v) is 5.98. The number of furan rings is 2. The number of hydrogen-bond acceptors (Lipinski definition) is 2. The van der Waals surface area contributed by atoms with Crippen molar-refractivity contribution in [1.29, 1.82) is 0 Å². The van der Waals surface area contributed by atoms with Gasteiger partial charge in [-0.2, -0.15) is 0 Å². The zero-order chi connectivity index (χ0) is 24.0. The van der Waals surface area contributed by atoms with Crippen molar-refractivity contribution in [2.24, 2.45) is 0 Å². The molecule has 0 aliphatic carbocycles. The predicted octanol–water partition coefficient (Wildman–Crippen LogP) is 10.0. The molecule has 0 unspecified atom stereocenters. The molecule has 2 heterocycles. The molecule has 2 nitrogen and oxygen atoms in total. The summed E-state index contributed by atoms with van der Waals surface area (Å²) in [6, 6.07) is 34.3. The second kappa shape index (κ2) is 6.99. The SMILES string of the molecule is Cc1cc(-c2cc3ccccc3o2)c2ccc3c(C)cc(-c4cc5ccccc5o4)c4ccc1c2c34. The van der Waals surface area contributed by atoms with Crippen molar-refractivity contribution >= 4 is 54.3 Å². The lowest BCUT2D eigenvalue weighted by atomic mass is 9.86. The Morgan fingerprint density at radius 2 is 0.861 bits per heavy atom. The van der Waals surface area contributed by atoms with Gasteiger partial charge in [0.25, 0.3) is 0 Å². The van der Waals surface area contributed by atoms with Crippen LogP contribution in [0.5, 0.6) is 0 Å². The van der Waals surface area contributed by atoms with E-state index in [4.69, 9.17) is 8.83 Å². The molecule has 0 N–H and O–H groups in total. The van der Waals surface area contributed by atoms with E-state index in [0.717, 1.165) is 44.6 Å². The van der Waals surface area contributed by atoms with Gasteiger partial charge in [0, 0.05) is 21.9 Å². The van der Waals surface area contributed by atoms with Crippen LogP contribution in [-0.2, 0) is 0 Å². The van der Waals surface area contributed by atoms with E-state index in [-0.39, 0.29) is 0 Å². The minimum Gasteiger partial charge on any atom is -0.456 e. The van der Waals surface area contributed by atoms with Crippen molar-refractivity contribution < 1.29 is 8.83 Å². The summed E-state index contributed by atoms with van der Waals surface area (Å²) in [6.45, 7) is 4.40. The Balaban J connectivity index is 1.49. The van der Waals surface area contributed by atoms with E-state index in [0.29, 0.717) is 0 Å². The number of fused-ring (bicyclic) bond motifs is 2. The van der Waals surface area contributed by atoms with Crippen LogP contribution in [0.15, 0.2) is 106 Å². The minimum atomic E-state index is 0.909. The summed E-state index contributed by atoms with van der Waals surface area (Å²) in [4.78, 5) is 0. The van der Waals surface area contributed by atoms with E-state index in [1.54, 1.807) is 0 Å². The van der Waals surface area contributed by atoms with Gasteiger partial charge in [0.05, 0.1) is 0 Å². The molecule has 0 saturated carbocycles. The van der Waals surface area contributed by atoms with Gasteiger partial charge < -0.3 is 8.83 Å². The van der Waals surface area contributed by atoms with E-state index >= 15 is 0 Å². The van der Waals surface area contributed by atoms with E-state index in [2.05, 4.69) is 86.6 Å². The van der Waals surface area contributed by atoms with Crippen molar-refractivity contribution in [2.45, 2.75) is 13.8 Å². The number of hydrogen-bond donors (Lipinski definition) is 0. The first kappa shape index (κ1) is 19.7. The number of rotatable bonds is 2. The second-order valence-electron chi connectivity index (χ2n) is 9.85. The van der Waals surface area contributed by atoms with Gasteiger partial charge >= 0.3 is 0 Å². The summed E-state index contributed by atoms with van der Waals surface area (Å²) in [6.07, 6.45) is 0. The Kier molecular flexibility index (Phi) is 3.83. The van der Waals surface area contributed by atoms with E-state index in [1.807, 2.05) is 24.3 Å². The van der Waals surface area contributed by atoms with Crippen molar-refractivity contribution in [3.05, 3.63) is 108 Å². The Hall–Kier alpha value is -4.56. The van der Waals surface area contributed by atoms with Gasteiger partial charge in [0.2, 0.25) is 0 Å². The lowest BCUT2D eigenvalue weighted by Gasteiger charge is -2.18. The summed E-state index contributed by atoms with van der Waals surface area (Å²) in [5, 5.41) is 9.83. The number of para-hydroxylation sites is 2. The quantitative estimate of drug-likeness (QED) is 0.239. The first-order chi connectivity index (χ1) is 17.7. The van der Waals surface area contributed by atoms with Gasteiger partial charge in [0.15, 0.2) is 0 Å². The van der Waals surface area contributed by atoms with Crippen LogP contribution in [0.3, 0.4) is 0 Å². The standard InChI is InChI=1S/C34H22O2/c1-19-15-27(31-17-21-7-3-5-9-29(21)35-31)25-14-12-24-20(2)16-28(26-13-11-23(19)33(25)34(24)26)32-18-22-8-4-6-10-30(22)36-32/h3-18H,1-2H3. The summed E-state index contributed by atoms with van der Waals surface area (Å²) in [5.74, 6) is 1.82. The Labute approximate surface area is 207 Å². The Bertz CT molecular complexity index is 1900. The normalized spacial score (nSPS) is 12.2. The third-order valence-corrected chi connectivity index (χ3v) is 7.69. The highest BCUT2D eigenvalue weighted by Crippen LogP contribution is 2.45. The minimum absolute atomic E-state index is 0.909. The summed E-state index contributed by atoms with van der Waals surface area (Å²) >= 11 is 0. The highest BCUT2D eigenvalue weighted by atomic mass is 16.3. The molecule has 0 atom stereocenters. The second-order valence-corrected chi connectivity index (χ2v) is 9.85. The van der Waals surface area contributed by atoms with Crippen LogP contribution in [0.25, 0.3) is 76.9 Å². The predicted molar refractivity (Wildman–Crippen MR) is 150 cm³/mol. The molecule has 0 saturated heterocycles. The van der Waals surface area contributed by atoms with E-state index in [9.17, 15) is 0 Å².